The Balaban J connectivity index is 2.30. The van der Waals surface area contributed by atoms with Crippen LogP contribution in [0.15, 0.2) is 0 Å². The molecule has 0 aromatic heterocycles. The van der Waals surface area contributed by atoms with Crippen molar-refractivity contribution >= 4 is 5.78 Å². The van der Waals surface area contributed by atoms with Crippen LogP contribution in [0.25, 0.3) is 0 Å². The molecule has 0 spiro atoms. The fraction of sp³-hybridized carbons (Fsp3) is 0.769. The summed E-state index contributed by atoms with van der Waals surface area (Å²) in [5.41, 5.74) is 0. The van der Waals surface area contributed by atoms with Crippen molar-refractivity contribution in [1.29, 1.82) is 0 Å². The Hall–Kier alpha value is -0.850. The van der Waals surface area contributed by atoms with Crippen LogP contribution in [-0.4, -0.2) is 24.3 Å². The van der Waals surface area contributed by atoms with Crippen LogP contribution in [0.2, 0.25) is 0 Å². The molecule has 1 fully saturated rings. The van der Waals surface area contributed by atoms with Gasteiger partial charge >= 0.3 is 0 Å². The van der Waals surface area contributed by atoms with Crippen LogP contribution >= 0.6 is 0 Å². The van der Waals surface area contributed by atoms with E-state index in [4.69, 9.17) is 9.47 Å². The van der Waals surface area contributed by atoms with E-state index in [0.29, 0.717) is 6.61 Å². The normalized spacial score (nSPS) is 22.6. The van der Waals surface area contributed by atoms with Crippen molar-refractivity contribution in [2.75, 3.05) is 6.61 Å². The van der Waals surface area contributed by atoms with E-state index < -0.39 is 11.9 Å². The number of hydrogen-bond donors (Lipinski definition) is 0. The third-order valence-corrected chi connectivity index (χ3v) is 2.42. The van der Waals surface area contributed by atoms with Crippen LogP contribution in [0.1, 0.15) is 46.5 Å². The van der Waals surface area contributed by atoms with Crippen molar-refractivity contribution in [2.24, 2.45) is 0 Å². The van der Waals surface area contributed by atoms with Crippen molar-refractivity contribution in [3.8, 4) is 11.8 Å². The number of ketones is 1. The zero-order valence-corrected chi connectivity index (χ0v) is 10.3. The standard InChI is InChI=1S/C13H20O3/c1-4-5-6-7-8-9-11(14)12-10-15-13(2,3)16-12/h12H,4-7,10H2,1-3H3/t12-/m1/s1. The highest BCUT2D eigenvalue weighted by molar-refractivity contribution is 5.99. The van der Waals surface area contributed by atoms with Crippen LogP contribution < -0.4 is 0 Å². The molecule has 0 N–H and O–H groups in total. The second-order valence-electron chi connectivity index (χ2n) is 4.44. The van der Waals surface area contributed by atoms with E-state index in [1.54, 1.807) is 13.8 Å². The summed E-state index contributed by atoms with van der Waals surface area (Å²) < 4.78 is 10.7. The largest absolute Gasteiger partial charge is 0.347 e. The lowest BCUT2D eigenvalue weighted by Crippen LogP contribution is -2.25. The summed E-state index contributed by atoms with van der Waals surface area (Å²) in [4.78, 5) is 11.6. The molecule has 1 rings (SSSR count). The summed E-state index contributed by atoms with van der Waals surface area (Å²) in [7, 11) is 0. The maximum absolute atomic E-state index is 11.6. The smallest absolute Gasteiger partial charge is 0.236 e. The van der Waals surface area contributed by atoms with Gasteiger partial charge in [0.2, 0.25) is 5.78 Å². The van der Waals surface area contributed by atoms with Crippen LogP contribution in [0, 0.1) is 11.8 Å². The number of carbonyl (C=O) groups excluding carboxylic acids is 1. The van der Waals surface area contributed by atoms with Gasteiger partial charge in [0.15, 0.2) is 11.9 Å². The lowest BCUT2D eigenvalue weighted by atomic mass is 10.2. The van der Waals surface area contributed by atoms with Crippen molar-refractivity contribution in [3.63, 3.8) is 0 Å². The summed E-state index contributed by atoms with van der Waals surface area (Å²) in [5, 5.41) is 0. The van der Waals surface area contributed by atoms with Gasteiger partial charge in [-0.15, -0.1) is 0 Å². The molecular formula is C13H20O3. The van der Waals surface area contributed by atoms with E-state index in [2.05, 4.69) is 18.8 Å². The van der Waals surface area contributed by atoms with Crippen LogP contribution in [0.5, 0.6) is 0 Å². The van der Waals surface area contributed by atoms with E-state index in [-0.39, 0.29) is 5.78 Å². The highest BCUT2D eigenvalue weighted by Gasteiger charge is 2.36. The predicted molar refractivity (Wildman–Crippen MR) is 61.8 cm³/mol. The maximum atomic E-state index is 11.6. The Labute approximate surface area is 97.5 Å². The second-order valence-corrected chi connectivity index (χ2v) is 4.44. The van der Waals surface area contributed by atoms with Crippen LogP contribution in [0.3, 0.4) is 0 Å². The number of unbranched alkanes of at least 4 members (excludes halogenated alkanes) is 3. The van der Waals surface area contributed by atoms with E-state index in [9.17, 15) is 4.79 Å². The Morgan fingerprint density at radius 2 is 2.19 bits per heavy atom. The first-order valence-corrected chi connectivity index (χ1v) is 5.89. The summed E-state index contributed by atoms with van der Waals surface area (Å²) >= 11 is 0. The van der Waals surface area contributed by atoms with Gasteiger partial charge < -0.3 is 9.47 Å². The van der Waals surface area contributed by atoms with Crippen molar-refractivity contribution in [3.05, 3.63) is 0 Å². The Bertz CT molecular complexity index is 296. The van der Waals surface area contributed by atoms with Gasteiger partial charge in [-0.2, -0.15) is 0 Å². The molecule has 0 aliphatic carbocycles. The summed E-state index contributed by atoms with van der Waals surface area (Å²) in [5.74, 6) is 4.70. The summed E-state index contributed by atoms with van der Waals surface area (Å²) in [6.07, 6.45) is 3.68. The molecule has 1 aliphatic heterocycles. The SMILES string of the molecule is CCCCCC#CC(=O)[C@H]1COC(C)(C)O1. The Morgan fingerprint density at radius 3 is 2.75 bits per heavy atom. The maximum Gasteiger partial charge on any atom is 0.236 e. The first kappa shape index (κ1) is 13.2. The topological polar surface area (TPSA) is 35.5 Å². The molecule has 1 heterocycles. The quantitative estimate of drug-likeness (QED) is 0.417. The minimum absolute atomic E-state index is 0.165. The third kappa shape index (κ3) is 4.34. The fourth-order valence-electron chi connectivity index (χ4n) is 1.51. The van der Waals surface area contributed by atoms with E-state index in [1.807, 2.05) is 0 Å². The zero-order valence-electron chi connectivity index (χ0n) is 10.3. The average Bonchev–Trinajstić information content (AvgIpc) is 2.58. The molecule has 0 bridgehead atoms. The molecule has 3 nitrogen and oxygen atoms in total. The first-order chi connectivity index (χ1) is 7.55. The number of rotatable bonds is 4. The third-order valence-electron chi connectivity index (χ3n) is 2.42. The molecule has 0 unspecified atom stereocenters. The molecule has 3 heteroatoms. The van der Waals surface area contributed by atoms with Crippen LogP contribution in [0.4, 0.5) is 0 Å². The lowest BCUT2D eigenvalue weighted by Gasteiger charge is -2.15. The van der Waals surface area contributed by atoms with Crippen molar-refractivity contribution in [1.82, 2.24) is 0 Å². The minimum Gasteiger partial charge on any atom is -0.347 e. The molecule has 0 aromatic rings. The fourth-order valence-corrected chi connectivity index (χ4v) is 1.51. The molecule has 0 radical (unpaired) electrons. The molecule has 1 atom stereocenters. The predicted octanol–water partition coefficient (Wildman–Crippen LogP) is 2.29. The molecule has 0 saturated carbocycles. The van der Waals surface area contributed by atoms with Gasteiger partial charge in [0, 0.05) is 6.42 Å². The highest BCUT2D eigenvalue weighted by atomic mass is 16.7. The van der Waals surface area contributed by atoms with Gasteiger partial charge in [0.05, 0.1) is 6.61 Å². The van der Waals surface area contributed by atoms with E-state index >= 15 is 0 Å². The van der Waals surface area contributed by atoms with Crippen molar-refractivity contribution < 1.29 is 14.3 Å². The molecular weight excluding hydrogens is 204 g/mol. The molecule has 90 valence electrons. The number of Topliss-reactive ketones (excluding diaryl/α,β-unsaturated/α-hetero) is 1. The second kappa shape index (κ2) is 6.03. The zero-order chi connectivity index (χ0) is 12.0. The number of ether oxygens (including phenoxy) is 2. The Kier molecular flexibility index (Phi) is 4.98. The number of carbonyl (C=O) groups is 1. The molecule has 16 heavy (non-hydrogen) atoms. The summed E-state index contributed by atoms with van der Waals surface area (Å²) in [6.45, 7) is 6.06. The molecule has 1 saturated heterocycles. The Morgan fingerprint density at radius 1 is 1.44 bits per heavy atom. The van der Waals surface area contributed by atoms with Gasteiger partial charge in [-0.1, -0.05) is 25.7 Å². The summed E-state index contributed by atoms with van der Waals surface area (Å²) in [6, 6.07) is 0. The molecule has 0 amide bonds. The number of hydrogen-bond acceptors (Lipinski definition) is 3. The minimum atomic E-state index is -0.649. The van der Waals surface area contributed by atoms with Crippen LogP contribution in [-0.2, 0) is 14.3 Å². The molecule has 0 aromatic carbocycles. The van der Waals surface area contributed by atoms with Gasteiger partial charge in [-0.3, -0.25) is 4.79 Å². The average molecular weight is 224 g/mol. The van der Waals surface area contributed by atoms with E-state index in [1.165, 1.54) is 12.8 Å². The van der Waals surface area contributed by atoms with Gasteiger partial charge in [-0.25, -0.2) is 0 Å². The monoisotopic (exact) mass is 224 g/mol. The highest BCUT2D eigenvalue weighted by Crippen LogP contribution is 2.22. The van der Waals surface area contributed by atoms with Gasteiger partial charge in [0.25, 0.3) is 0 Å². The van der Waals surface area contributed by atoms with Gasteiger partial charge in [0.1, 0.15) is 0 Å². The lowest BCUT2D eigenvalue weighted by molar-refractivity contribution is -0.148. The van der Waals surface area contributed by atoms with E-state index in [0.717, 1.165) is 12.8 Å². The van der Waals surface area contributed by atoms with Crippen molar-refractivity contribution in [2.45, 2.75) is 58.3 Å². The first-order valence-electron chi connectivity index (χ1n) is 5.89. The van der Waals surface area contributed by atoms with Gasteiger partial charge in [-0.05, 0) is 26.2 Å². The molecule has 1 aliphatic rings.